The van der Waals surface area contributed by atoms with E-state index in [1.807, 2.05) is 13.8 Å². The van der Waals surface area contributed by atoms with Crippen LogP contribution >= 0.6 is 0 Å². The summed E-state index contributed by atoms with van der Waals surface area (Å²) >= 11 is 0. The molecule has 0 unspecified atom stereocenters. The summed E-state index contributed by atoms with van der Waals surface area (Å²) in [6.45, 7) is 4.51. The van der Waals surface area contributed by atoms with Gasteiger partial charge in [0.25, 0.3) is 5.91 Å². The summed E-state index contributed by atoms with van der Waals surface area (Å²) in [4.78, 5) is 24.3. The normalized spacial score (nSPS) is 24.2. The Morgan fingerprint density at radius 2 is 2.00 bits per heavy atom. The van der Waals surface area contributed by atoms with Gasteiger partial charge in [0.2, 0.25) is 5.91 Å². The SMILES string of the molecule is CC[C@@H](C)/C=C/[C@@H](O)[C@H](O)[C@@H](O)[C@@H](OC)C(=O)N[C@H]1CCCCNC1=O. The Kier molecular flexibility index (Phi) is 9.79. The van der Waals surface area contributed by atoms with Crippen molar-refractivity contribution in [3.63, 3.8) is 0 Å². The Morgan fingerprint density at radius 1 is 1.31 bits per heavy atom. The second-order valence-corrected chi connectivity index (χ2v) is 6.75. The summed E-state index contributed by atoms with van der Waals surface area (Å²) in [5, 5.41) is 35.7. The fourth-order valence-corrected chi connectivity index (χ4v) is 2.67. The Hall–Kier alpha value is -1.48. The first kappa shape index (κ1) is 22.6. The van der Waals surface area contributed by atoms with Crippen molar-refractivity contribution < 1.29 is 29.6 Å². The molecule has 0 aromatic rings. The molecule has 8 nitrogen and oxygen atoms in total. The molecule has 0 aliphatic carbocycles. The molecule has 1 aliphatic rings. The van der Waals surface area contributed by atoms with E-state index in [0.717, 1.165) is 19.3 Å². The number of amides is 2. The first-order valence-electron chi connectivity index (χ1n) is 9.15. The van der Waals surface area contributed by atoms with E-state index in [1.165, 1.54) is 13.2 Å². The van der Waals surface area contributed by atoms with Crippen LogP contribution in [0.15, 0.2) is 12.2 Å². The van der Waals surface area contributed by atoms with E-state index in [-0.39, 0.29) is 11.8 Å². The highest BCUT2D eigenvalue weighted by molar-refractivity contribution is 5.89. The maximum Gasteiger partial charge on any atom is 0.252 e. The molecule has 0 bridgehead atoms. The van der Waals surface area contributed by atoms with Gasteiger partial charge in [-0.1, -0.05) is 32.4 Å². The van der Waals surface area contributed by atoms with E-state index in [9.17, 15) is 24.9 Å². The van der Waals surface area contributed by atoms with Crippen molar-refractivity contribution >= 4 is 11.8 Å². The topological polar surface area (TPSA) is 128 Å². The van der Waals surface area contributed by atoms with E-state index < -0.39 is 36.4 Å². The minimum atomic E-state index is -1.65. The average molecular weight is 372 g/mol. The number of allylic oxidation sites excluding steroid dienone is 1. The number of aliphatic hydroxyl groups excluding tert-OH is 3. The quantitative estimate of drug-likeness (QED) is 0.346. The number of carbonyl (C=O) groups is 2. The van der Waals surface area contributed by atoms with Crippen LogP contribution in [0.1, 0.15) is 39.5 Å². The zero-order valence-electron chi connectivity index (χ0n) is 15.7. The number of ether oxygens (including phenoxy) is 1. The van der Waals surface area contributed by atoms with Crippen LogP contribution < -0.4 is 10.6 Å². The second-order valence-electron chi connectivity index (χ2n) is 6.75. The number of nitrogens with one attached hydrogen (secondary N) is 2. The highest BCUT2D eigenvalue weighted by Crippen LogP contribution is 2.12. The van der Waals surface area contributed by atoms with Gasteiger partial charge in [-0.25, -0.2) is 0 Å². The lowest BCUT2D eigenvalue weighted by atomic mass is 9.99. The van der Waals surface area contributed by atoms with Crippen molar-refractivity contribution in [1.82, 2.24) is 10.6 Å². The van der Waals surface area contributed by atoms with Gasteiger partial charge in [-0.15, -0.1) is 0 Å². The van der Waals surface area contributed by atoms with E-state index in [1.54, 1.807) is 6.08 Å². The van der Waals surface area contributed by atoms with E-state index in [2.05, 4.69) is 10.6 Å². The van der Waals surface area contributed by atoms with Crippen molar-refractivity contribution in [1.29, 1.82) is 0 Å². The first-order valence-corrected chi connectivity index (χ1v) is 9.15. The van der Waals surface area contributed by atoms with Crippen LogP contribution in [-0.4, -0.2) is 71.2 Å². The molecule has 150 valence electrons. The maximum atomic E-state index is 12.4. The molecule has 1 saturated heterocycles. The third-order valence-corrected chi connectivity index (χ3v) is 4.65. The third-order valence-electron chi connectivity index (χ3n) is 4.65. The molecule has 1 rings (SSSR count). The zero-order valence-corrected chi connectivity index (χ0v) is 15.7. The fraction of sp³-hybridized carbons (Fsp3) is 0.778. The molecular weight excluding hydrogens is 340 g/mol. The van der Waals surface area contributed by atoms with Crippen molar-refractivity contribution in [2.45, 2.75) is 70.0 Å². The van der Waals surface area contributed by atoms with E-state index >= 15 is 0 Å². The van der Waals surface area contributed by atoms with Gasteiger partial charge in [0.05, 0.1) is 0 Å². The van der Waals surface area contributed by atoms with Crippen LogP contribution in [0.25, 0.3) is 0 Å². The predicted octanol–water partition coefficient (Wildman–Crippen LogP) is -0.529. The van der Waals surface area contributed by atoms with Gasteiger partial charge < -0.3 is 30.7 Å². The van der Waals surface area contributed by atoms with Crippen molar-refractivity contribution in [2.24, 2.45) is 5.92 Å². The number of rotatable bonds is 9. The molecule has 5 N–H and O–H groups in total. The molecule has 0 saturated carbocycles. The van der Waals surface area contributed by atoms with Crippen LogP contribution in [0.4, 0.5) is 0 Å². The molecule has 8 heteroatoms. The van der Waals surface area contributed by atoms with Gasteiger partial charge in [-0.3, -0.25) is 9.59 Å². The average Bonchev–Trinajstić information content (AvgIpc) is 2.83. The Bertz CT molecular complexity index is 484. The Labute approximate surface area is 154 Å². The number of methoxy groups -OCH3 is 1. The largest absolute Gasteiger partial charge is 0.387 e. The number of carbonyl (C=O) groups excluding carboxylic acids is 2. The summed E-state index contributed by atoms with van der Waals surface area (Å²) < 4.78 is 5.01. The molecule has 1 heterocycles. The fourth-order valence-electron chi connectivity index (χ4n) is 2.67. The molecule has 1 aliphatic heterocycles. The third kappa shape index (κ3) is 6.68. The lowest BCUT2D eigenvalue weighted by molar-refractivity contribution is -0.150. The summed E-state index contributed by atoms with van der Waals surface area (Å²) in [5.74, 6) is -0.777. The highest BCUT2D eigenvalue weighted by Gasteiger charge is 2.36. The Balaban J connectivity index is 2.70. The van der Waals surface area contributed by atoms with E-state index in [4.69, 9.17) is 4.74 Å². The van der Waals surface area contributed by atoms with Gasteiger partial charge >= 0.3 is 0 Å². The van der Waals surface area contributed by atoms with Gasteiger partial charge in [0.1, 0.15) is 24.4 Å². The lowest BCUT2D eigenvalue weighted by Crippen LogP contribution is -2.55. The van der Waals surface area contributed by atoms with Crippen LogP contribution in [0.3, 0.4) is 0 Å². The molecule has 1 fully saturated rings. The maximum absolute atomic E-state index is 12.4. The van der Waals surface area contributed by atoms with Gasteiger partial charge in [-0.2, -0.15) is 0 Å². The van der Waals surface area contributed by atoms with Crippen molar-refractivity contribution in [2.75, 3.05) is 13.7 Å². The summed E-state index contributed by atoms with van der Waals surface area (Å²) in [5.41, 5.74) is 0. The number of hydrogen-bond donors (Lipinski definition) is 5. The second kappa shape index (κ2) is 11.3. The molecule has 26 heavy (non-hydrogen) atoms. The first-order chi connectivity index (χ1) is 12.3. The van der Waals surface area contributed by atoms with Crippen LogP contribution in [-0.2, 0) is 14.3 Å². The van der Waals surface area contributed by atoms with Crippen LogP contribution in [0.2, 0.25) is 0 Å². The van der Waals surface area contributed by atoms with Crippen molar-refractivity contribution in [3.05, 3.63) is 12.2 Å². The van der Waals surface area contributed by atoms with Crippen LogP contribution in [0.5, 0.6) is 0 Å². The molecule has 0 aromatic heterocycles. The molecule has 6 atom stereocenters. The summed E-state index contributed by atoms with van der Waals surface area (Å²) in [7, 11) is 1.22. The van der Waals surface area contributed by atoms with Gasteiger partial charge in [0, 0.05) is 13.7 Å². The molecule has 0 radical (unpaired) electrons. The van der Waals surface area contributed by atoms with Gasteiger partial charge in [-0.05, 0) is 25.2 Å². The molecule has 0 spiro atoms. The minimum absolute atomic E-state index is 0.212. The summed E-state index contributed by atoms with van der Waals surface area (Å²) in [6, 6.07) is -0.706. The Morgan fingerprint density at radius 3 is 2.62 bits per heavy atom. The molecular formula is C18H32N2O6. The summed E-state index contributed by atoms with van der Waals surface area (Å²) in [6.07, 6.45) is 0.108. The lowest BCUT2D eigenvalue weighted by Gasteiger charge is -2.28. The van der Waals surface area contributed by atoms with E-state index in [0.29, 0.717) is 13.0 Å². The smallest absolute Gasteiger partial charge is 0.252 e. The van der Waals surface area contributed by atoms with Crippen LogP contribution in [0, 0.1) is 5.92 Å². The monoisotopic (exact) mass is 372 g/mol. The molecule has 0 aromatic carbocycles. The standard InChI is InChI=1S/C18H32N2O6/c1-4-11(2)8-9-13(21)14(22)15(23)16(26-3)18(25)20-12-7-5-6-10-19-17(12)24/h8-9,11-16,21-23H,4-7,10H2,1-3H3,(H,19,24)(H,20,25)/b9-8+/t11-,12+,13-,14+,15-,16-/m1/s1. The van der Waals surface area contributed by atoms with Crippen molar-refractivity contribution in [3.8, 4) is 0 Å². The predicted molar refractivity (Wildman–Crippen MR) is 96.2 cm³/mol. The van der Waals surface area contributed by atoms with Gasteiger partial charge in [0.15, 0.2) is 6.10 Å². The minimum Gasteiger partial charge on any atom is -0.387 e. The number of aliphatic hydroxyl groups is 3. The number of hydrogen-bond acceptors (Lipinski definition) is 6. The highest BCUT2D eigenvalue weighted by atomic mass is 16.5. The molecule has 2 amide bonds. The zero-order chi connectivity index (χ0) is 19.7.